The number of benzene rings is 1. The average Bonchev–Trinajstić information content (AvgIpc) is 3.10. The molecule has 0 radical (unpaired) electrons. The Morgan fingerprint density at radius 1 is 1.09 bits per heavy atom. The van der Waals surface area contributed by atoms with E-state index in [9.17, 15) is 18.4 Å². The summed E-state index contributed by atoms with van der Waals surface area (Å²) in [5.74, 6) is -1.99. The number of carbonyl (C=O) groups excluding carboxylic acids is 2. The second-order valence-electron chi connectivity index (χ2n) is 5.74. The monoisotopic (exact) mass is 324 g/mol. The minimum atomic E-state index is -0.741. The van der Waals surface area contributed by atoms with E-state index in [1.165, 1.54) is 4.90 Å². The minimum Gasteiger partial charge on any atom is -0.368 e. The summed E-state index contributed by atoms with van der Waals surface area (Å²) < 4.78 is 32.3. The summed E-state index contributed by atoms with van der Waals surface area (Å²) in [5, 5.41) is 0. The summed E-state index contributed by atoms with van der Waals surface area (Å²) in [7, 11) is 0. The van der Waals surface area contributed by atoms with Crippen LogP contribution in [0.2, 0.25) is 0 Å². The van der Waals surface area contributed by atoms with E-state index in [1.54, 1.807) is 4.90 Å². The van der Waals surface area contributed by atoms with E-state index in [1.807, 2.05) is 0 Å². The van der Waals surface area contributed by atoms with Gasteiger partial charge in [0.05, 0.1) is 5.56 Å². The lowest BCUT2D eigenvalue weighted by Gasteiger charge is -2.35. The van der Waals surface area contributed by atoms with Crippen LogP contribution < -0.4 is 0 Å². The summed E-state index contributed by atoms with van der Waals surface area (Å²) in [4.78, 5) is 27.6. The molecule has 2 aliphatic rings. The zero-order valence-electron chi connectivity index (χ0n) is 12.6. The summed E-state index contributed by atoms with van der Waals surface area (Å²) in [6.45, 7) is 1.96. The van der Waals surface area contributed by atoms with Crippen molar-refractivity contribution in [2.45, 2.75) is 18.9 Å². The first-order valence-electron chi connectivity index (χ1n) is 7.71. The number of piperazine rings is 1. The Morgan fingerprint density at radius 3 is 2.43 bits per heavy atom. The minimum absolute atomic E-state index is 0.0495. The molecule has 0 spiro atoms. The van der Waals surface area contributed by atoms with Gasteiger partial charge in [-0.2, -0.15) is 0 Å². The average molecular weight is 324 g/mol. The van der Waals surface area contributed by atoms with Crippen molar-refractivity contribution >= 4 is 11.8 Å². The second kappa shape index (κ2) is 6.62. The number of hydrogen-bond donors (Lipinski definition) is 0. The first kappa shape index (κ1) is 15.9. The third kappa shape index (κ3) is 3.34. The summed E-state index contributed by atoms with van der Waals surface area (Å²) in [6.07, 6.45) is 1.23. The molecule has 3 rings (SSSR count). The van der Waals surface area contributed by atoms with Crippen LogP contribution in [0.4, 0.5) is 8.78 Å². The number of carbonyl (C=O) groups is 2. The molecule has 2 fully saturated rings. The van der Waals surface area contributed by atoms with Gasteiger partial charge < -0.3 is 14.5 Å². The third-order valence-electron chi connectivity index (χ3n) is 4.24. The van der Waals surface area contributed by atoms with E-state index in [0.29, 0.717) is 32.8 Å². The molecular weight excluding hydrogens is 306 g/mol. The summed E-state index contributed by atoms with van der Waals surface area (Å²) >= 11 is 0. The summed E-state index contributed by atoms with van der Waals surface area (Å²) in [5.41, 5.74) is -0.274. The van der Waals surface area contributed by atoms with Gasteiger partial charge in [-0.05, 0) is 31.0 Å². The van der Waals surface area contributed by atoms with Crippen LogP contribution in [-0.4, -0.2) is 60.5 Å². The Labute approximate surface area is 132 Å². The van der Waals surface area contributed by atoms with Gasteiger partial charge in [0.15, 0.2) is 0 Å². The molecule has 23 heavy (non-hydrogen) atoms. The molecule has 5 nitrogen and oxygen atoms in total. The molecule has 1 aromatic rings. The SMILES string of the molecule is O=C(c1cc(F)ccc1F)N1CCN(C(=O)C2CCCO2)CC1. The Balaban J connectivity index is 1.61. The summed E-state index contributed by atoms with van der Waals surface area (Å²) in [6, 6.07) is 2.83. The highest BCUT2D eigenvalue weighted by Gasteiger charge is 2.32. The molecule has 1 aromatic carbocycles. The highest BCUT2D eigenvalue weighted by Crippen LogP contribution is 2.18. The van der Waals surface area contributed by atoms with Crippen molar-refractivity contribution in [1.29, 1.82) is 0 Å². The zero-order chi connectivity index (χ0) is 16.4. The van der Waals surface area contributed by atoms with Gasteiger partial charge in [-0.1, -0.05) is 0 Å². The van der Waals surface area contributed by atoms with Crippen LogP contribution in [-0.2, 0) is 9.53 Å². The fraction of sp³-hybridized carbons (Fsp3) is 0.500. The van der Waals surface area contributed by atoms with E-state index in [4.69, 9.17) is 4.74 Å². The molecule has 0 aliphatic carbocycles. The molecule has 124 valence electrons. The van der Waals surface area contributed by atoms with Gasteiger partial charge in [0.2, 0.25) is 0 Å². The van der Waals surface area contributed by atoms with Crippen LogP contribution in [0.5, 0.6) is 0 Å². The lowest BCUT2D eigenvalue weighted by atomic mass is 10.1. The quantitative estimate of drug-likeness (QED) is 0.827. The molecule has 0 aromatic heterocycles. The van der Waals surface area contributed by atoms with Crippen LogP contribution >= 0.6 is 0 Å². The maximum Gasteiger partial charge on any atom is 0.257 e. The number of halogens is 2. The van der Waals surface area contributed by atoms with E-state index < -0.39 is 17.5 Å². The first-order chi connectivity index (χ1) is 11.1. The fourth-order valence-corrected chi connectivity index (χ4v) is 2.94. The number of nitrogens with zero attached hydrogens (tertiary/aromatic N) is 2. The van der Waals surface area contributed by atoms with Gasteiger partial charge in [0.1, 0.15) is 17.7 Å². The lowest BCUT2D eigenvalue weighted by Crippen LogP contribution is -2.52. The number of ether oxygens (including phenoxy) is 1. The number of rotatable bonds is 2. The van der Waals surface area contributed by atoms with Gasteiger partial charge in [-0.15, -0.1) is 0 Å². The van der Waals surface area contributed by atoms with Crippen molar-refractivity contribution in [2.75, 3.05) is 32.8 Å². The highest BCUT2D eigenvalue weighted by atomic mass is 19.1. The van der Waals surface area contributed by atoms with Crippen molar-refractivity contribution in [3.8, 4) is 0 Å². The van der Waals surface area contributed by atoms with Gasteiger partial charge >= 0.3 is 0 Å². The molecule has 0 N–H and O–H groups in total. The Bertz CT molecular complexity index is 609. The van der Waals surface area contributed by atoms with E-state index >= 15 is 0 Å². The number of amides is 2. The third-order valence-corrected chi connectivity index (χ3v) is 4.24. The fourth-order valence-electron chi connectivity index (χ4n) is 2.94. The van der Waals surface area contributed by atoms with Crippen molar-refractivity contribution in [1.82, 2.24) is 9.80 Å². The van der Waals surface area contributed by atoms with E-state index in [2.05, 4.69) is 0 Å². The first-order valence-corrected chi connectivity index (χ1v) is 7.71. The van der Waals surface area contributed by atoms with Crippen molar-refractivity contribution in [3.63, 3.8) is 0 Å². The lowest BCUT2D eigenvalue weighted by molar-refractivity contribution is -0.142. The maximum atomic E-state index is 13.7. The standard InChI is InChI=1S/C16H18F2N2O3/c17-11-3-4-13(18)12(10-11)15(21)19-5-7-20(8-6-19)16(22)14-2-1-9-23-14/h3-4,10,14H,1-2,5-9H2. The van der Waals surface area contributed by atoms with Crippen molar-refractivity contribution < 1.29 is 23.1 Å². The normalized spacial score (nSPS) is 21.6. The molecule has 2 amide bonds. The van der Waals surface area contributed by atoms with Crippen LogP contribution in [0.1, 0.15) is 23.2 Å². The van der Waals surface area contributed by atoms with Crippen molar-refractivity contribution in [3.05, 3.63) is 35.4 Å². The molecular formula is C16H18F2N2O3. The smallest absolute Gasteiger partial charge is 0.257 e. The molecule has 1 atom stereocenters. The second-order valence-corrected chi connectivity index (χ2v) is 5.74. The zero-order valence-corrected chi connectivity index (χ0v) is 12.6. The van der Waals surface area contributed by atoms with E-state index in [-0.39, 0.29) is 17.6 Å². The Hall–Kier alpha value is -2.02. The van der Waals surface area contributed by atoms with Crippen LogP contribution in [0.15, 0.2) is 18.2 Å². The van der Waals surface area contributed by atoms with Crippen LogP contribution in [0, 0.1) is 11.6 Å². The topological polar surface area (TPSA) is 49.9 Å². The van der Waals surface area contributed by atoms with Gasteiger partial charge in [-0.3, -0.25) is 9.59 Å². The van der Waals surface area contributed by atoms with Gasteiger partial charge in [0.25, 0.3) is 11.8 Å². The predicted molar refractivity (Wildman–Crippen MR) is 77.8 cm³/mol. The molecule has 2 aliphatic heterocycles. The maximum absolute atomic E-state index is 13.7. The highest BCUT2D eigenvalue weighted by molar-refractivity contribution is 5.94. The molecule has 2 saturated heterocycles. The molecule has 7 heteroatoms. The van der Waals surface area contributed by atoms with Gasteiger partial charge in [-0.25, -0.2) is 8.78 Å². The predicted octanol–water partition coefficient (Wildman–Crippen LogP) is 1.43. The molecule has 0 saturated carbocycles. The largest absolute Gasteiger partial charge is 0.368 e. The molecule has 0 bridgehead atoms. The van der Waals surface area contributed by atoms with Gasteiger partial charge in [0, 0.05) is 32.8 Å². The van der Waals surface area contributed by atoms with E-state index in [0.717, 1.165) is 31.0 Å². The number of hydrogen-bond acceptors (Lipinski definition) is 3. The molecule has 2 heterocycles. The Kier molecular flexibility index (Phi) is 4.56. The van der Waals surface area contributed by atoms with Crippen LogP contribution in [0.25, 0.3) is 0 Å². The Morgan fingerprint density at radius 2 is 1.78 bits per heavy atom. The van der Waals surface area contributed by atoms with Crippen LogP contribution in [0.3, 0.4) is 0 Å². The molecule has 1 unspecified atom stereocenters. The van der Waals surface area contributed by atoms with Crippen molar-refractivity contribution in [2.24, 2.45) is 0 Å².